The first-order valence-corrected chi connectivity index (χ1v) is 5.11. The van der Waals surface area contributed by atoms with Gasteiger partial charge in [-0.15, -0.1) is 11.3 Å². The van der Waals surface area contributed by atoms with Gasteiger partial charge in [0.15, 0.2) is 0 Å². The number of fused-ring (bicyclic) bond motifs is 1. The number of rotatable bonds is 1. The van der Waals surface area contributed by atoms with E-state index in [1.165, 1.54) is 4.88 Å². The zero-order chi connectivity index (χ0) is 9.42. The first-order chi connectivity index (χ1) is 6.18. The minimum Gasteiger partial charge on any atom is -0.480 e. The number of hydrogen-bond acceptors (Lipinski definition) is 3. The highest BCUT2D eigenvalue weighted by atomic mass is 32.1. The van der Waals surface area contributed by atoms with Crippen LogP contribution in [0.2, 0.25) is 0 Å². The van der Waals surface area contributed by atoms with Crippen molar-refractivity contribution in [2.24, 2.45) is 0 Å². The van der Waals surface area contributed by atoms with E-state index in [1.54, 1.807) is 11.3 Å². The van der Waals surface area contributed by atoms with Gasteiger partial charge in [0.2, 0.25) is 0 Å². The van der Waals surface area contributed by atoms with Crippen molar-refractivity contribution in [3.63, 3.8) is 0 Å². The van der Waals surface area contributed by atoms with Crippen molar-refractivity contribution < 1.29 is 9.90 Å². The summed E-state index contributed by atoms with van der Waals surface area (Å²) >= 11 is 1.65. The van der Waals surface area contributed by atoms with Crippen LogP contribution in [0.5, 0.6) is 0 Å². The molecule has 2 atom stereocenters. The maximum Gasteiger partial charge on any atom is 0.325 e. The lowest BCUT2D eigenvalue weighted by molar-refractivity contribution is -0.140. The Morgan fingerprint density at radius 1 is 1.77 bits per heavy atom. The quantitative estimate of drug-likeness (QED) is 0.715. The number of aliphatic carboxylic acids is 1. The fourth-order valence-corrected chi connectivity index (χ4v) is 2.74. The Hall–Kier alpha value is -0.870. The monoisotopic (exact) mass is 197 g/mol. The van der Waals surface area contributed by atoms with Crippen LogP contribution in [0.25, 0.3) is 0 Å². The summed E-state index contributed by atoms with van der Waals surface area (Å²) in [4.78, 5) is 12.1. The molecule has 0 spiro atoms. The highest BCUT2D eigenvalue weighted by Gasteiger charge is 2.29. The molecule has 4 heteroatoms. The van der Waals surface area contributed by atoms with E-state index in [0.717, 1.165) is 12.0 Å². The van der Waals surface area contributed by atoms with Gasteiger partial charge in [0.1, 0.15) is 6.04 Å². The molecule has 0 aliphatic carbocycles. The van der Waals surface area contributed by atoms with Gasteiger partial charge in [-0.05, 0) is 30.4 Å². The number of nitrogens with one attached hydrogen (secondary N) is 1. The number of thiophene rings is 1. The summed E-state index contributed by atoms with van der Waals surface area (Å²) in [6.45, 7) is 2.01. The zero-order valence-corrected chi connectivity index (χ0v) is 8.10. The highest BCUT2D eigenvalue weighted by molar-refractivity contribution is 7.10. The standard InChI is InChI=1S/C9H11NO2S/c1-5-4-7-6(2-3-13-7)8(10-5)9(11)12/h2-3,5,8,10H,4H2,1H3,(H,11,12). The maximum absolute atomic E-state index is 10.9. The normalized spacial score (nSPS) is 26.8. The average Bonchev–Trinajstić information content (AvgIpc) is 2.49. The van der Waals surface area contributed by atoms with Gasteiger partial charge < -0.3 is 5.11 Å². The molecule has 2 N–H and O–H groups in total. The molecule has 2 rings (SSSR count). The Balaban J connectivity index is 2.38. The van der Waals surface area contributed by atoms with Gasteiger partial charge in [-0.25, -0.2) is 0 Å². The Bertz CT molecular complexity index is 334. The van der Waals surface area contributed by atoms with Gasteiger partial charge in [0, 0.05) is 10.9 Å². The number of carboxylic acid groups (broad SMARTS) is 1. The van der Waals surface area contributed by atoms with E-state index >= 15 is 0 Å². The van der Waals surface area contributed by atoms with Gasteiger partial charge in [-0.1, -0.05) is 0 Å². The number of carboxylic acids is 1. The van der Waals surface area contributed by atoms with E-state index in [9.17, 15) is 4.79 Å². The molecule has 0 radical (unpaired) electrons. The van der Waals surface area contributed by atoms with Crippen molar-refractivity contribution in [2.75, 3.05) is 0 Å². The summed E-state index contributed by atoms with van der Waals surface area (Å²) in [6, 6.07) is 1.65. The van der Waals surface area contributed by atoms with Gasteiger partial charge >= 0.3 is 5.97 Å². The van der Waals surface area contributed by atoms with Crippen molar-refractivity contribution in [1.82, 2.24) is 5.32 Å². The molecule has 0 bridgehead atoms. The summed E-state index contributed by atoms with van der Waals surface area (Å²) in [6.07, 6.45) is 0.941. The zero-order valence-electron chi connectivity index (χ0n) is 7.28. The third-order valence-electron chi connectivity index (χ3n) is 2.28. The molecule has 0 amide bonds. The predicted molar refractivity (Wildman–Crippen MR) is 51.0 cm³/mol. The Kier molecular flexibility index (Phi) is 2.09. The van der Waals surface area contributed by atoms with Gasteiger partial charge in [-0.2, -0.15) is 0 Å². The molecule has 1 aromatic heterocycles. The fraction of sp³-hybridized carbons (Fsp3) is 0.444. The third kappa shape index (κ3) is 1.47. The Morgan fingerprint density at radius 3 is 3.23 bits per heavy atom. The van der Waals surface area contributed by atoms with Gasteiger partial charge in [-0.3, -0.25) is 10.1 Å². The van der Waals surface area contributed by atoms with Gasteiger partial charge in [0.05, 0.1) is 0 Å². The molecule has 0 saturated heterocycles. The first-order valence-electron chi connectivity index (χ1n) is 4.23. The second-order valence-electron chi connectivity index (χ2n) is 3.34. The minimum atomic E-state index is -0.786. The van der Waals surface area contributed by atoms with Crippen LogP contribution in [0, 0.1) is 0 Å². The van der Waals surface area contributed by atoms with Crippen LogP contribution >= 0.6 is 11.3 Å². The lowest BCUT2D eigenvalue weighted by atomic mass is 9.98. The molecular formula is C9H11NO2S. The van der Waals surface area contributed by atoms with Crippen molar-refractivity contribution in [3.05, 3.63) is 21.9 Å². The van der Waals surface area contributed by atoms with Crippen molar-refractivity contribution in [1.29, 1.82) is 0 Å². The summed E-state index contributed by atoms with van der Waals surface area (Å²) in [5.41, 5.74) is 0.940. The average molecular weight is 197 g/mol. The molecule has 1 aliphatic heterocycles. The third-order valence-corrected chi connectivity index (χ3v) is 3.24. The smallest absolute Gasteiger partial charge is 0.325 e. The predicted octanol–water partition coefficient (Wildman–Crippen LogP) is 1.41. The van der Waals surface area contributed by atoms with Gasteiger partial charge in [0.25, 0.3) is 0 Å². The summed E-state index contributed by atoms with van der Waals surface area (Å²) in [5.74, 6) is -0.786. The van der Waals surface area contributed by atoms with Crippen LogP contribution < -0.4 is 5.32 Å². The molecule has 70 valence electrons. The minimum absolute atomic E-state index is 0.257. The van der Waals surface area contributed by atoms with E-state index < -0.39 is 12.0 Å². The lowest BCUT2D eigenvalue weighted by Crippen LogP contribution is -2.40. The summed E-state index contributed by atoms with van der Waals surface area (Å²) < 4.78 is 0. The molecule has 0 aromatic carbocycles. The molecule has 2 unspecified atom stereocenters. The second-order valence-corrected chi connectivity index (χ2v) is 4.34. The van der Waals surface area contributed by atoms with Crippen LogP contribution in [0.3, 0.4) is 0 Å². The highest BCUT2D eigenvalue weighted by Crippen LogP contribution is 2.29. The van der Waals surface area contributed by atoms with Crippen LogP contribution in [0.15, 0.2) is 11.4 Å². The molecule has 13 heavy (non-hydrogen) atoms. The summed E-state index contributed by atoms with van der Waals surface area (Å²) in [5, 5.41) is 14.0. The van der Waals surface area contributed by atoms with Crippen molar-refractivity contribution >= 4 is 17.3 Å². The molecule has 3 nitrogen and oxygen atoms in total. The first kappa shape index (κ1) is 8.72. The number of carbonyl (C=O) groups is 1. The lowest BCUT2D eigenvalue weighted by Gasteiger charge is -2.26. The molecule has 1 aromatic rings. The van der Waals surface area contributed by atoms with E-state index in [2.05, 4.69) is 5.32 Å². The van der Waals surface area contributed by atoms with E-state index in [0.29, 0.717) is 0 Å². The second kappa shape index (κ2) is 3.12. The van der Waals surface area contributed by atoms with Crippen LogP contribution in [0.4, 0.5) is 0 Å². The number of hydrogen-bond donors (Lipinski definition) is 2. The Morgan fingerprint density at radius 2 is 2.54 bits per heavy atom. The van der Waals surface area contributed by atoms with E-state index in [1.807, 2.05) is 18.4 Å². The Labute approximate surface area is 80.4 Å². The van der Waals surface area contributed by atoms with Crippen LogP contribution in [0.1, 0.15) is 23.4 Å². The molecular weight excluding hydrogens is 186 g/mol. The molecule has 0 saturated carbocycles. The molecule has 2 heterocycles. The van der Waals surface area contributed by atoms with E-state index in [-0.39, 0.29) is 6.04 Å². The van der Waals surface area contributed by atoms with Crippen molar-refractivity contribution in [2.45, 2.75) is 25.4 Å². The maximum atomic E-state index is 10.9. The van der Waals surface area contributed by atoms with Crippen LogP contribution in [-0.2, 0) is 11.2 Å². The topological polar surface area (TPSA) is 49.3 Å². The summed E-state index contributed by atoms with van der Waals surface area (Å²) in [7, 11) is 0. The fourth-order valence-electron chi connectivity index (χ4n) is 1.69. The SMILES string of the molecule is CC1Cc2sccc2C(C(=O)O)N1. The van der Waals surface area contributed by atoms with E-state index in [4.69, 9.17) is 5.11 Å². The van der Waals surface area contributed by atoms with Crippen LogP contribution in [-0.4, -0.2) is 17.1 Å². The molecule has 1 aliphatic rings. The van der Waals surface area contributed by atoms with Crippen molar-refractivity contribution in [3.8, 4) is 0 Å². The molecule has 0 fully saturated rings. The largest absolute Gasteiger partial charge is 0.480 e.